The molecule has 1 amide bonds. The lowest BCUT2D eigenvalue weighted by molar-refractivity contribution is -0.137. The monoisotopic (exact) mass is 701 g/mol. The fourth-order valence-electron chi connectivity index (χ4n) is 7.18. The molecular formula is C36H42F3N3O6S. The van der Waals surface area contributed by atoms with Gasteiger partial charge in [-0.1, -0.05) is 19.1 Å². The van der Waals surface area contributed by atoms with Crippen molar-refractivity contribution in [2.45, 2.75) is 67.5 Å². The third-order valence-electron chi connectivity index (χ3n) is 9.88. The normalized spacial score (nSPS) is 23.7. The van der Waals surface area contributed by atoms with E-state index < -0.39 is 33.5 Å². The van der Waals surface area contributed by atoms with E-state index >= 15 is 0 Å². The number of carbonyl (C=O) groups excluding carboxylic acids is 1. The first-order valence-corrected chi connectivity index (χ1v) is 18.3. The molecule has 0 aliphatic carbocycles. The van der Waals surface area contributed by atoms with Crippen molar-refractivity contribution in [1.82, 2.24) is 10.2 Å². The summed E-state index contributed by atoms with van der Waals surface area (Å²) in [4.78, 5) is 18.0. The average Bonchev–Trinajstić information content (AvgIpc) is 3.84. The van der Waals surface area contributed by atoms with Crippen molar-refractivity contribution in [2.75, 3.05) is 50.0 Å². The van der Waals surface area contributed by atoms with Crippen LogP contribution in [-0.4, -0.2) is 87.2 Å². The van der Waals surface area contributed by atoms with Crippen LogP contribution in [0.5, 0.6) is 5.75 Å². The van der Waals surface area contributed by atoms with Crippen LogP contribution in [-0.2, 0) is 20.8 Å². The van der Waals surface area contributed by atoms with Crippen molar-refractivity contribution in [3.8, 4) is 5.75 Å². The molecule has 1 unspecified atom stereocenters. The molecule has 3 fully saturated rings. The highest BCUT2D eigenvalue weighted by Gasteiger charge is 2.44. The predicted molar refractivity (Wildman–Crippen MR) is 178 cm³/mol. The number of rotatable bonds is 11. The first-order valence-electron chi connectivity index (χ1n) is 16.7. The zero-order chi connectivity index (χ0) is 34.8. The maximum atomic E-state index is 13.2. The molecule has 264 valence electrons. The molecule has 3 aliphatic heterocycles. The molecule has 0 aromatic heterocycles. The zero-order valence-electron chi connectivity index (χ0n) is 27.4. The van der Waals surface area contributed by atoms with Crippen LogP contribution in [0.1, 0.15) is 60.1 Å². The van der Waals surface area contributed by atoms with Gasteiger partial charge >= 0.3 is 6.18 Å². The molecule has 0 radical (unpaired) electrons. The minimum Gasteiger partial charge on any atom is -0.489 e. The van der Waals surface area contributed by atoms with E-state index in [2.05, 4.69) is 15.1 Å². The number of hydrogen-bond donors (Lipinski definition) is 2. The summed E-state index contributed by atoms with van der Waals surface area (Å²) in [7, 11) is -3.37. The van der Waals surface area contributed by atoms with Gasteiger partial charge in [0.25, 0.3) is 5.91 Å². The Labute approximate surface area is 284 Å². The van der Waals surface area contributed by atoms with Crippen LogP contribution < -0.4 is 15.0 Å². The Balaban J connectivity index is 1.14. The maximum Gasteiger partial charge on any atom is 0.416 e. The number of benzene rings is 3. The van der Waals surface area contributed by atoms with Crippen molar-refractivity contribution in [3.63, 3.8) is 0 Å². The quantitative estimate of drug-likeness (QED) is 0.280. The Morgan fingerprint density at radius 2 is 1.78 bits per heavy atom. The Morgan fingerprint density at radius 1 is 1.06 bits per heavy atom. The van der Waals surface area contributed by atoms with Gasteiger partial charge in [-0.2, -0.15) is 13.2 Å². The topological polar surface area (TPSA) is 108 Å². The fourth-order valence-corrected chi connectivity index (χ4v) is 8.06. The lowest BCUT2D eigenvalue weighted by Gasteiger charge is -2.31. The molecule has 13 heteroatoms. The summed E-state index contributed by atoms with van der Waals surface area (Å²) >= 11 is 0. The van der Waals surface area contributed by atoms with E-state index in [1.807, 2.05) is 12.1 Å². The second-order valence-corrected chi connectivity index (χ2v) is 15.4. The van der Waals surface area contributed by atoms with E-state index in [1.165, 1.54) is 24.3 Å². The molecule has 3 saturated heterocycles. The van der Waals surface area contributed by atoms with E-state index in [0.717, 1.165) is 63.3 Å². The van der Waals surface area contributed by atoms with E-state index in [-0.39, 0.29) is 35.0 Å². The standard InChI is InChI=1S/C36H42F3N3O6S/c1-2-49(45,46)32-14-6-25(7-15-32)33(23-43)40-34(44)26-4-10-28(11-5-26)42-22-31(48-30-12-8-27(9-13-30)36(37,38)39)20-29(42)21-41-18-17-35(24-41)16-3-19-47-35/h4-15,29,31,33,43H,2-3,16-24H2,1H3,(H,40,44)/t29-,31+,33-,35?/m0/s1. The summed E-state index contributed by atoms with van der Waals surface area (Å²) < 4.78 is 76.0. The molecule has 3 aromatic rings. The molecule has 1 spiro atoms. The number of aliphatic hydroxyl groups excluding tert-OH is 1. The van der Waals surface area contributed by atoms with Gasteiger partial charge in [0, 0.05) is 50.0 Å². The van der Waals surface area contributed by atoms with E-state index in [9.17, 15) is 31.5 Å². The second-order valence-electron chi connectivity index (χ2n) is 13.2. The highest BCUT2D eigenvalue weighted by molar-refractivity contribution is 7.91. The van der Waals surface area contributed by atoms with Gasteiger partial charge in [0.15, 0.2) is 9.84 Å². The van der Waals surface area contributed by atoms with E-state index in [1.54, 1.807) is 31.2 Å². The first kappa shape index (κ1) is 35.2. The number of sulfone groups is 1. The second kappa shape index (κ2) is 14.3. The number of aliphatic hydroxyl groups is 1. The minimum absolute atomic E-state index is 0.0264. The number of amides is 1. The van der Waals surface area contributed by atoms with Crippen molar-refractivity contribution in [2.24, 2.45) is 0 Å². The molecule has 3 aliphatic rings. The zero-order valence-corrected chi connectivity index (χ0v) is 28.2. The summed E-state index contributed by atoms with van der Waals surface area (Å²) in [6.07, 6.45) is -0.883. The van der Waals surface area contributed by atoms with Gasteiger partial charge in [-0.15, -0.1) is 0 Å². The number of nitrogens with one attached hydrogen (secondary N) is 1. The number of carbonyl (C=O) groups is 1. The van der Waals surface area contributed by atoms with Gasteiger partial charge < -0.3 is 24.8 Å². The average molecular weight is 702 g/mol. The molecule has 2 N–H and O–H groups in total. The van der Waals surface area contributed by atoms with Gasteiger partial charge in [0.2, 0.25) is 0 Å². The Hall–Kier alpha value is -3.65. The van der Waals surface area contributed by atoms with Crippen LogP contribution in [0.3, 0.4) is 0 Å². The number of ether oxygens (including phenoxy) is 2. The van der Waals surface area contributed by atoms with Crippen LogP contribution in [0, 0.1) is 0 Å². The van der Waals surface area contributed by atoms with Gasteiger partial charge in [-0.05, 0) is 85.5 Å². The summed E-state index contributed by atoms with van der Waals surface area (Å²) in [6.45, 7) is 5.07. The minimum atomic E-state index is -4.42. The van der Waals surface area contributed by atoms with Gasteiger partial charge in [-0.25, -0.2) is 8.42 Å². The SMILES string of the molecule is CCS(=O)(=O)c1ccc([C@H](CO)NC(=O)c2ccc(N3C[C@H](Oc4ccc(C(F)(F)F)cc4)C[C@H]3CN3CCC4(CCCO4)C3)cc2)cc1. The molecule has 9 nitrogen and oxygen atoms in total. The molecule has 0 bridgehead atoms. The van der Waals surface area contributed by atoms with Crippen molar-refractivity contribution < 1.29 is 41.0 Å². The third kappa shape index (κ3) is 8.06. The van der Waals surface area contributed by atoms with Gasteiger partial charge in [-0.3, -0.25) is 9.69 Å². The summed E-state index contributed by atoms with van der Waals surface area (Å²) in [5.74, 6) is -0.0389. The number of halogens is 3. The van der Waals surface area contributed by atoms with Crippen LogP contribution in [0.15, 0.2) is 77.7 Å². The van der Waals surface area contributed by atoms with Crippen LogP contribution in [0.4, 0.5) is 18.9 Å². The lowest BCUT2D eigenvalue weighted by Crippen LogP contribution is -2.41. The molecule has 3 aromatic carbocycles. The van der Waals surface area contributed by atoms with Crippen LogP contribution in [0.2, 0.25) is 0 Å². The Kier molecular flexibility index (Phi) is 10.3. The number of alkyl halides is 3. The number of hydrogen-bond acceptors (Lipinski definition) is 8. The van der Waals surface area contributed by atoms with Crippen molar-refractivity contribution >= 4 is 21.4 Å². The number of nitrogens with zero attached hydrogens (tertiary/aromatic N) is 2. The largest absolute Gasteiger partial charge is 0.489 e. The van der Waals surface area contributed by atoms with Crippen molar-refractivity contribution in [1.29, 1.82) is 0 Å². The molecule has 0 saturated carbocycles. The van der Waals surface area contributed by atoms with E-state index in [0.29, 0.717) is 29.8 Å². The molecule has 6 rings (SSSR count). The number of likely N-dealkylation sites (tertiary alicyclic amines) is 1. The molecule has 49 heavy (non-hydrogen) atoms. The Bertz CT molecular complexity index is 1700. The van der Waals surface area contributed by atoms with Gasteiger partial charge in [0.05, 0.1) is 41.0 Å². The highest BCUT2D eigenvalue weighted by Crippen LogP contribution is 2.37. The molecule has 4 atom stereocenters. The summed E-state index contributed by atoms with van der Waals surface area (Å²) in [5, 5.41) is 12.8. The fraction of sp³-hybridized carbons (Fsp3) is 0.472. The summed E-state index contributed by atoms with van der Waals surface area (Å²) in [6, 6.07) is 17.4. The van der Waals surface area contributed by atoms with Crippen molar-refractivity contribution in [3.05, 3.63) is 89.5 Å². The Morgan fingerprint density at radius 3 is 2.39 bits per heavy atom. The molecular weight excluding hydrogens is 659 g/mol. The van der Waals surface area contributed by atoms with Gasteiger partial charge in [0.1, 0.15) is 11.9 Å². The van der Waals surface area contributed by atoms with E-state index in [4.69, 9.17) is 9.47 Å². The lowest BCUT2D eigenvalue weighted by atomic mass is 10.00. The summed E-state index contributed by atoms with van der Waals surface area (Å²) in [5.41, 5.74) is 1.06. The smallest absolute Gasteiger partial charge is 0.416 e. The highest BCUT2D eigenvalue weighted by atomic mass is 32.2. The van der Waals surface area contributed by atoms with Crippen LogP contribution in [0.25, 0.3) is 0 Å². The maximum absolute atomic E-state index is 13.2. The first-order chi connectivity index (χ1) is 23.4. The number of anilines is 1. The van der Waals surface area contributed by atoms with Crippen LogP contribution >= 0.6 is 0 Å². The third-order valence-corrected chi connectivity index (χ3v) is 11.6. The predicted octanol–water partition coefficient (Wildman–Crippen LogP) is 5.24. The molecule has 3 heterocycles.